The lowest BCUT2D eigenvalue weighted by Gasteiger charge is -2.12. The van der Waals surface area contributed by atoms with E-state index in [1.54, 1.807) is 6.20 Å². The number of hydrogen-bond donors (Lipinski definition) is 4. The Kier molecular flexibility index (Phi) is 3.18. The van der Waals surface area contributed by atoms with Crippen molar-refractivity contribution < 1.29 is 19.8 Å². The van der Waals surface area contributed by atoms with Crippen molar-refractivity contribution in [3.63, 3.8) is 0 Å². The molecule has 6 heteroatoms. The van der Waals surface area contributed by atoms with Crippen LogP contribution in [-0.4, -0.2) is 33.2 Å². The van der Waals surface area contributed by atoms with Crippen molar-refractivity contribution >= 4 is 28.5 Å². The molecular weight excluding hydrogens is 236 g/mol. The van der Waals surface area contributed by atoms with Crippen LogP contribution in [0.1, 0.15) is 6.42 Å². The molecule has 94 valence electrons. The van der Waals surface area contributed by atoms with Crippen LogP contribution >= 0.6 is 0 Å². The minimum absolute atomic E-state index is 0.477. The Hall–Kier alpha value is -2.50. The van der Waals surface area contributed by atoms with Crippen LogP contribution in [0.2, 0.25) is 0 Å². The van der Waals surface area contributed by atoms with Gasteiger partial charge in [-0.3, -0.25) is 4.79 Å². The molecule has 0 saturated carbocycles. The Bertz CT molecular complexity index is 591. The van der Waals surface area contributed by atoms with Crippen molar-refractivity contribution in [2.75, 3.05) is 5.32 Å². The van der Waals surface area contributed by atoms with E-state index < -0.39 is 24.4 Å². The van der Waals surface area contributed by atoms with Crippen LogP contribution < -0.4 is 5.32 Å². The molecule has 0 spiro atoms. The van der Waals surface area contributed by atoms with Gasteiger partial charge in [0.1, 0.15) is 6.04 Å². The second-order valence-electron chi connectivity index (χ2n) is 3.88. The number of carboxylic acid groups (broad SMARTS) is 2. The van der Waals surface area contributed by atoms with Crippen LogP contribution in [0.25, 0.3) is 10.9 Å². The number of fused-ring (bicyclic) bond motifs is 1. The first kappa shape index (κ1) is 12.0. The van der Waals surface area contributed by atoms with E-state index in [1.165, 1.54) is 0 Å². The van der Waals surface area contributed by atoms with Crippen LogP contribution in [0.15, 0.2) is 30.5 Å². The van der Waals surface area contributed by atoms with Gasteiger partial charge in [-0.1, -0.05) is 18.2 Å². The number of nitrogens with one attached hydrogen (secondary N) is 2. The van der Waals surface area contributed by atoms with Crippen molar-refractivity contribution in [3.05, 3.63) is 30.5 Å². The summed E-state index contributed by atoms with van der Waals surface area (Å²) in [5.74, 6) is -2.35. The molecule has 0 aliphatic heterocycles. The maximum Gasteiger partial charge on any atom is 0.326 e. The van der Waals surface area contributed by atoms with Gasteiger partial charge in [-0.2, -0.15) is 0 Å². The van der Waals surface area contributed by atoms with Gasteiger partial charge >= 0.3 is 11.9 Å². The van der Waals surface area contributed by atoms with Crippen molar-refractivity contribution in [2.24, 2.45) is 0 Å². The lowest BCUT2D eigenvalue weighted by molar-refractivity contribution is -0.144. The van der Waals surface area contributed by atoms with Crippen LogP contribution in [0, 0.1) is 0 Å². The molecule has 0 aliphatic rings. The van der Waals surface area contributed by atoms with Gasteiger partial charge in [-0.25, -0.2) is 4.79 Å². The Labute approximate surface area is 102 Å². The Morgan fingerprint density at radius 2 is 2.00 bits per heavy atom. The highest BCUT2D eigenvalue weighted by Crippen LogP contribution is 2.23. The summed E-state index contributed by atoms with van der Waals surface area (Å²) >= 11 is 0. The van der Waals surface area contributed by atoms with Gasteiger partial charge in [0.15, 0.2) is 0 Å². The number of rotatable bonds is 5. The fraction of sp³-hybridized carbons (Fsp3) is 0.167. The van der Waals surface area contributed by atoms with Crippen LogP contribution in [0.3, 0.4) is 0 Å². The van der Waals surface area contributed by atoms with E-state index in [-0.39, 0.29) is 0 Å². The molecule has 4 N–H and O–H groups in total. The van der Waals surface area contributed by atoms with E-state index in [9.17, 15) is 9.59 Å². The minimum atomic E-state index is -1.19. The van der Waals surface area contributed by atoms with Gasteiger partial charge < -0.3 is 20.5 Å². The number of aromatic nitrogens is 1. The number of carbonyl (C=O) groups is 2. The fourth-order valence-corrected chi connectivity index (χ4v) is 1.75. The molecule has 1 atom stereocenters. The van der Waals surface area contributed by atoms with Crippen LogP contribution in [0.4, 0.5) is 5.69 Å². The van der Waals surface area contributed by atoms with Gasteiger partial charge in [0.2, 0.25) is 0 Å². The van der Waals surface area contributed by atoms with E-state index in [1.807, 2.05) is 24.3 Å². The number of benzene rings is 1. The highest BCUT2D eigenvalue weighted by Gasteiger charge is 2.21. The smallest absolute Gasteiger partial charge is 0.326 e. The number of anilines is 1. The first-order valence-electron chi connectivity index (χ1n) is 5.35. The first-order valence-corrected chi connectivity index (χ1v) is 5.35. The summed E-state index contributed by atoms with van der Waals surface area (Å²) < 4.78 is 0. The number of H-pyrrole nitrogens is 1. The normalized spacial score (nSPS) is 12.2. The fourth-order valence-electron chi connectivity index (χ4n) is 1.75. The van der Waals surface area contributed by atoms with E-state index in [4.69, 9.17) is 10.2 Å². The quantitative estimate of drug-likeness (QED) is 0.642. The average Bonchev–Trinajstić information content (AvgIpc) is 2.71. The van der Waals surface area contributed by atoms with Crippen molar-refractivity contribution in [2.45, 2.75) is 12.5 Å². The van der Waals surface area contributed by atoms with E-state index >= 15 is 0 Å². The Morgan fingerprint density at radius 3 is 2.67 bits per heavy atom. The standard InChI is InChI=1S/C12H12N2O4/c15-11(16)5-9(12(17)18)14-10-6-13-8-4-2-1-3-7(8)10/h1-4,6,9,13-14H,5H2,(H,15,16)(H,17,18). The molecule has 0 amide bonds. The molecule has 1 aromatic heterocycles. The molecule has 1 heterocycles. The van der Waals surface area contributed by atoms with Crippen molar-refractivity contribution in [3.8, 4) is 0 Å². The van der Waals surface area contributed by atoms with Gasteiger partial charge in [-0.05, 0) is 6.07 Å². The lowest BCUT2D eigenvalue weighted by Crippen LogP contribution is -2.31. The number of para-hydroxylation sites is 1. The highest BCUT2D eigenvalue weighted by atomic mass is 16.4. The number of aliphatic carboxylic acids is 2. The van der Waals surface area contributed by atoms with Gasteiger partial charge in [-0.15, -0.1) is 0 Å². The maximum atomic E-state index is 11.0. The van der Waals surface area contributed by atoms with Gasteiger partial charge in [0, 0.05) is 17.1 Å². The molecule has 1 unspecified atom stereocenters. The summed E-state index contributed by atoms with van der Waals surface area (Å²) in [6.07, 6.45) is 1.15. The largest absolute Gasteiger partial charge is 0.481 e. The summed E-state index contributed by atoms with van der Waals surface area (Å²) in [4.78, 5) is 24.5. The Balaban J connectivity index is 2.26. The minimum Gasteiger partial charge on any atom is -0.481 e. The SMILES string of the molecule is O=C(O)CC(Nc1c[nH]c2ccccc12)C(=O)O. The third-order valence-electron chi connectivity index (χ3n) is 2.60. The summed E-state index contributed by atoms with van der Waals surface area (Å²) in [5, 5.41) is 21.2. The van der Waals surface area contributed by atoms with E-state index in [0.717, 1.165) is 10.9 Å². The predicted molar refractivity (Wildman–Crippen MR) is 65.6 cm³/mol. The first-order chi connectivity index (χ1) is 8.58. The maximum absolute atomic E-state index is 11.0. The highest BCUT2D eigenvalue weighted by molar-refractivity contribution is 5.94. The molecule has 2 aromatic rings. The zero-order valence-electron chi connectivity index (χ0n) is 9.38. The van der Waals surface area contributed by atoms with E-state index in [2.05, 4.69) is 10.3 Å². The summed E-state index contributed by atoms with van der Waals surface area (Å²) in [6, 6.07) is 6.21. The zero-order valence-corrected chi connectivity index (χ0v) is 9.38. The third-order valence-corrected chi connectivity index (χ3v) is 2.60. The molecule has 1 aromatic carbocycles. The summed E-state index contributed by atoms with van der Waals surface area (Å²) in [6.45, 7) is 0. The lowest BCUT2D eigenvalue weighted by atomic mass is 10.2. The van der Waals surface area contributed by atoms with Crippen molar-refractivity contribution in [1.29, 1.82) is 0 Å². The molecule has 18 heavy (non-hydrogen) atoms. The number of hydrogen-bond acceptors (Lipinski definition) is 3. The predicted octanol–water partition coefficient (Wildman–Crippen LogP) is 1.51. The third kappa shape index (κ3) is 2.42. The van der Waals surface area contributed by atoms with Gasteiger partial charge in [0.05, 0.1) is 12.1 Å². The number of carboxylic acids is 2. The summed E-state index contributed by atoms with van der Waals surface area (Å²) in [5.41, 5.74) is 1.44. The molecule has 0 aliphatic carbocycles. The molecular formula is C12H12N2O4. The number of aromatic amines is 1. The molecule has 0 radical (unpaired) electrons. The van der Waals surface area contributed by atoms with E-state index in [0.29, 0.717) is 5.69 Å². The van der Waals surface area contributed by atoms with Crippen LogP contribution in [-0.2, 0) is 9.59 Å². The Morgan fingerprint density at radius 1 is 1.28 bits per heavy atom. The monoisotopic (exact) mass is 248 g/mol. The summed E-state index contributed by atoms with van der Waals surface area (Å²) in [7, 11) is 0. The molecule has 2 rings (SSSR count). The average molecular weight is 248 g/mol. The molecule has 0 fully saturated rings. The second-order valence-corrected chi connectivity index (χ2v) is 3.88. The van der Waals surface area contributed by atoms with Crippen LogP contribution in [0.5, 0.6) is 0 Å². The zero-order chi connectivity index (χ0) is 13.1. The topological polar surface area (TPSA) is 102 Å². The second kappa shape index (κ2) is 4.79. The molecule has 6 nitrogen and oxygen atoms in total. The molecule has 0 saturated heterocycles. The van der Waals surface area contributed by atoms with Gasteiger partial charge in [0.25, 0.3) is 0 Å². The molecule has 0 bridgehead atoms. The van der Waals surface area contributed by atoms with Crippen molar-refractivity contribution in [1.82, 2.24) is 4.98 Å².